The summed E-state index contributed by atoms with van der Waals surface area (Å²) in [4.78, 5) is 103. The Morgan fingerprint density at radius 2 is 1.03 bits per heavy atom. The first-order chi connectivity index (χ1) is 29.9. The number of carbonyl (C=O) groups is 8. The lowest BCUT2D eigenvalue weighted by molar-refractivity contribution is -0.142. The van der Waals surface area contributed by atoms with E-state index in [0.717, 1.165) is 0 Å². The summed E-state index contributed by atoms with van der Waals surface area (Å²) in [6.07, 6.45) is 0.463. The monoisotopic (exact) mass is 882 g/mol. The molecule has 0 aliphatic heterocycles. The van der Waals surface area contributed by atoms with Crippen molar-refractivity contribution < 1.29 is 48.6 Å². The number of hydrogen-bond donors (Lipinski definition) is 16. The molecule has 24 heteroatoms. The fourth-order valence-electron chi connectivity index (χ4n) is 5.72. The highest BCUT2D eigenvalue weighted by Crippen LogP contribution is 2.12. The number of carboxylic acid groups (broad SMARTS) is 1. The number of carbonyl (C=O) groups excluding carboxylic acids is 7. The van der Waals surface area contributed by atoms with E-state index in [9.17, 15) is 48.6 Å². The zero-order valence-electron chi connectivity index (χ0n) is 34.8. The highest BCUT2D eigenvalue weighted by Gasteiger charge is 2.29. The molecule has 0 saturated heterocycles. The van der Waals surface area contributed by atoms with Crippen molar-refractivity contribution in [2.75, 3.05) is 32.7 Å². The molecular formula is C39H58N14O10. The zero-order valence-corrected chi connectivity index (χ0v) is 34.8. The van der Waals surface area contributed by atoms with E-state index in [1.807, 2.05) is 0 Å². The lowest BCUT2D eigenvalue weighted by atomic mass is 10.0. The lowest BCUT2D eigenvalue weighted by Crippen LogP contribution is -2.57. The van der Waals surface area contributed by atoms with E-state index in [2.05, 4.69) is 47.9 Å². The van der Waals surface area contributed by atoms with Crippen LogP contribution < -0.4 is 65.1 Å². The molecule has 2 aromatic rings. The second kappa shape index (κ2) is 27.4. The van der Waals surface area contributed by atoms with Crippen LogP contribution in [0.3, 0.4) is 0 Å². The van der Waals surface area contributed by atoms with Crippen LogP contribution in [0.2, 0.25) is 0 Å². The lowest BCUT2D eigenvalue weighted by Gasteiger charge is -2.23. The van der Waals surface area contributed by atoms with Crippen molar-refractivity contribution in [3.05, 3.63) is 65.7 Å². The van der Waals surface area contributed by atoms with Gasteiger partial charge in [-0.3, -0.25) is 44.4 Å². The molecule has 0 aliphatic carbocycles. The number of benzene rings is 2. The first-order valence-electron chi connectivity index (χ1n) is 19.8. The minimum Gasteiger partial charge on any atom is -0.508 e. The van der Waals surface area contributed by atoms with E-state index < -0.39 is 97.2 Å². The highest BCUT2D eigenvalue weighted by atomic mass is 16.4. The SMILES string of the molecule is C[C@H](NC(=O)[C@H](Cc1ccccc1)NC(=O)CNC(=O)[C@H](CCCNC(=N)N)NC(=O)CNC(=O)[C@H](CCCNC(=N)N)NC(=O)CN)C(=O)N[C@@H](Cc1ccc(O)cc1)C(=O)O. The fourth-order valence-corrected chi connectivity index (χ4v) is 5.72. The van der Waals surface area contributed by atoms with Crippen molar-refractivity contribution in [3.63, 3.8) is 0 Å². The number of phenolic OH excluding ortho intramolecular Hbond substituents is 1. The third-order valence-electron chi connectivity index (χ3n) is 8.98. The van der Waals surface area contributed by atoms with E-state index in [-0.39, 0.29) is 62.9 Å². The molecule has 0 heterocycles. The summed E-state index contributed by atoms with van der Waals surface area (Å²) in [5.41, 5.74) is 17.1. The standard InChI is InChI=1S/C39H58N14O10/c1-22(33(58)53-29(37(62)63)18-24-11-13-25(54)14-12-24)49-36(61)28(17-23-7-3-2-4-8-23)52-32(57)21-48-35(60)27(10-6-16-46-39(43)44)51-31(56)20-47-34(59)26(50-30(55)19-40)9-5-15-45-38(41)42/h2-4,7-8,11-14,22,26-29,54H,5-6,9-10,15-21,40H2,1H3,(H,47,59)(H,48,60)(H,49,61)(H,50,55)(H,51,56)(H,52,57)(H,53,58)(H,62,63)(H4,41,42,45)(H4,43,44,46)/t22-,26-,27-,28-,29-/m0/s1. The normalized spacial score (nSPS) is 12.9. The summed E-state index contributed by atoms with van der Waals surface area (Å²) >= 11 is 0. The molecule has 2 aromatic carbocycles. The van der Waals surface area contributed by atoms with Gasteiger partial charge < -0.3 is 75.3 Å². The van der Waals surface area contributed by atoms with Crippen LogP contribution in [-0.4, -0.2) is 132 Å². The first kappa shape index (κ1) is 51.6. The maximum atomic E-state index is 13.5. The van der Waals surface area contributed by atoms with Gasteiger partial charge in [0, 0.05) is 25.9 Å². The van der Waals surface area contributed by atoms with E-state index in [1.165, 1.54) is 31.2 Å². The van der Waals surface area contributed by atoms with Crippen molar-refractivity contribution in [2.45, 2.75) is 75.7 Å². The number of nitrogens with two attached hydrogens (primary N) is 3. The molecule has 0 fully saturated rings. The van der Waals surface area contributed by atoms with Gasteiger partial charge in [-0.1, -0.05) is 42.5 Å². The Labute approximate surface area is 363 Å². The first-order valence-corrected chi connectivity index (χ1v) is 19.8. The minimum atomic E-state index is -1.37. The van der Waals surface area contributed by atoms with Gasteiger partial charge in [0.05, 0.1) is 19.6 Å². The minimum absolute atomic E-state index is 0.0115. The summed E-state index contributed by atoms with van der Waals surface area (Å²) in [7, 11) is 0. The second-order valence-corrected chi connectivity index (χ2v) is 14.2. The van der Waals surface area contributed by atoms with Crippen molar-refractivity contribution in [3.8, 4) is 5.75 Å². The van der Waals surface area contributed by atoms with Crippen molar-refractivity contribution >= 4 is 59.2 Å². The predicted molar refractivity (Wildman–Crippen MR) is 228 cm³/mol. The van der Waals surface area contributed by atoms with Crippen LogP contribution >= 0.6 is 0 Å². The van der Waals surface area contributed by atoms with Crippen LogP contribution in [-0.2, 0) is 51.2 Å². The van der Waals surface area contributed by atoms with Gasteiger partial charge in [-0.05, 0) is 55.9 Å². The van der Waals surface area contributed by atoms with Gasteiger partial charge in [0.2, 0.25) is 41.4 Å². The van der Waals surface area contributed by atoms with Gasteiger partial charge in [0.15, 0.2) is 11.9 Å². The Morgan fingerprint density at radius 3 is 1.51 bits per heavy atom. The molecule has 63 heavy (non-hydrogen) atoms. The molecule has 5 atom stereocenters. The summed E-state index contributed by atoms with van der Waals surface area (Å²) in [5.74, 6) is -7.37. The Balaban J connectivity index is 2.10. The van der Waals surface area contributed by atoms with Crippen molar-refractivity contribution in [1.82, 2.24) is 47.9 Å². The van der Waals surface area contributed by atoms with Crippen LogP contribution in [0.25, 0.3) is 0 Å². The van der Waals surface area contributed by atoms with Gasteiger partial charge in [0.25, 0.3) is 0 Å². The predicted octanol–water partition coefficient (Wildman–Crippen LogP) is -4.58. The average molecular weight is 883 g/mol. The second-order valence-electron chi connectivity index (χ2n) is 14.2. The molecule has 0 aromatic heterocycles. The van der Waals surface area contributed by atoms with Crippen LogP contribution in [0.1, 0.15) is 43.7 Å². The number of guanidine groups is 2. The molecule has 0 aliphatic rings. The van der Waals surface area contributed by atoms with E-state index in [0.29, 0.717) is 17.5 Å². The van der Waals surface area contributed by atoms with Crippen molar-refractivity contribution in [2.24, 2.45) is 17.2 Å². The quantitative estimate of drug-likeness (QED) is 0.0228. The third kappa shape index (κ3) is 21.0. The summed E-state index contributed by atoms with van der Waals surface area (Å²) in [5, 5.41) is 56.1. The van der Waals surface area contributed by atoms with Gasteiger partial charge in [-0.2, -0.15) is 0 Å². The van der Waals surface area contributed by atoms with Gasteiger partial charge >= 0.3 is 5.97 Å². The number of aromatic hydroxyl groups is 1. The Bertz CT molecular complexity index is 1900. The number of carboxylic acids is 1. The molecule has 0 radical (unpaired) electrons. The number of rotatable bonds is 27. The van der Waals surface area contributed by atoms with Gasteiger partial charge in [0.1, 0.15) is 36.0 Å². The van der Waals surface area contributed by atoms with Crippen LogP contribution in [0.4, 0.5) is 0 Å². The third-order valence-corrected chi connectivity index (χ3v) is 8.98. The van der Waals surface area contributed by atoms with Gasteiger partial charge in [-0.25, -0.2) is 4.79 Å². The molecule has 7 amide bonds. The number of amides is 7. The number of phenols is 1. The molecular weight excluding hydrogens is 825 g/mol. The highest BCUT2D eigenvalue weighted by molar-refractivity contribution is 5.96. The smallest absolute Gasteiger partial charge is 0.326 e. The van der Waals surface area contributed by atoms with Crippen LogP contribution in [0, 0.1) is 10.8 Å². The molecule has 0 spiro atoms. The van der Waals surface area contributed by atoms with E-state index in [1.54, 1.807) is 30.3 Å². The molecule has 0 unspecified atom stereocenters. The molecule has 344 valence electrons. The summed E-state index contributed by atoms with van der Waals surface area (Å²) in [6.45, 7) is 0.0247. The Hall–Kier alpha value is -7.50. The van der Waals surface area contributed by atoms with Gasteiger partial charge in [-0.15, -0.1) is 0 Å². The fraction of sp³-hybridized carbons (Fsp3) is 0.436. The Morgan fingerprint density at radius 1 is 0.571 bits per heavy atom. The average Bonchev–Trinajstić information content (AvgIpc) is 3.24. The molecule has 0 saturated carbocycles. The summed E-state index contributed by atoms with van der Waals surface area (Å²) in [6, 6.07) is 8.06. The maximum Gasteiger partial charge on any atom is 0.326 e. The van der Waals surface area contributed by atoms with E-state index >= 15 is 0 Å². The Kier molecular flexibility index (Phi) is 22.4. The summed E-state index contributed by atoms with van der Waals surface area (Å²) < 4.78 is 0. The molecule has 24 nitrogen and oxygen atoms in total. The van der Waals surface area contributed by atoms with Crippen molar-refractivity contribution in [1.29, 1.82) is 10.8 Å². The number of aliphatic carboxylic acids is 1. The van der Waals surface area contributed by atoms with Crippen LogP contribution in [0.15, 0.2) is 54.6 Å². The van der Waals surface area contributed by atoms with Crippen LogP contribution in [0.5, 0.6) is 5.75 Å². The number of nitrogens with one attached hydrogen (secondary N) is 11. The molecule has 2 rings (SSSR count). The largest absolute Gasteiger partial charge is 0.508 e. The molecule has 0 bridgehead atoms. The zero-order chi connectivity index (χ0) is 46.9. The maximum absolute atomic E-state index is 13.5. The number of hydrogen-bond acceptors (Lipinski definition) is 12. The topological polar surface area (TPSA) is 411 Å². The van der Waals surface area contributed by atoms with E-state index in [4.69, 9.17) is 28.0 Å². The molecule has 19 N–H and O–H groups in total.